The van der Waals surface area contributed by atoms with Gasteiger partial charge in [-0.15, -0.1) is 0 Å². The number of rotatable bonds is 6. The maximum atomic E-state index is 11.3. The number of carboxylic acids is 1. The van der Waals surface area contributed by atoms with Gasteiger partial charge in [-0.3, -0.25) is 4.98 Å². The Morgan fingerprint density at radius 1 is 1.29 bits per heavy atom. The van der Waals surface area contributed by atoms with Crippen molar-refractivity contribution in [1.82, 2.24) is 14.9 Å². The zero-order valence-corrected chi connectivity index (χ0v) is 16.7. The summed E-state index contributed by atoms with van der Waals surface area (Å²) < 4.78 is 6.22. The van der Waals surface area contributed by atoms with Crippen molar-refractivity contribution in [1.29, 1.82) is 0 Å². The molecule has 28 heavy (non-hydrogen) atoms. The van der Waals surface area contributed by atoms with Crippen LogP contribution in [0.1, 0.15) is 49.5 Å². The summed E-state index contributed by atoms with van der Waals surface area (Å²) in [5.74, 6) is -1.10. The number of likely N-dealkylation sites (tertiary alicyclic amines) is 1. The van der Waals surface area contributed by atoms with Crippen molar-refractivity contribution in [2.45, 2.75) is 45.3 Å². The number of aromatic nitrogens is 2. The van der Waals surface area contributed by atoms with E-state index in [9.17, 15) is 9.90 Å². The van der Waals surface area contributed by atoms with Crippen LogP contribution in [0.25, 0.3) is 11.3 Å². The fraction of sp³-hybridized carbons (Fsp3) is 0.476. The second-order valence-electron chi connectivity index (χ2n) is 7.45. The number of pyridine rings is 2. The van der Waals surface area contributed by atoms with E-state index in [0.29, 0.717) is 23.9 Å². The minimum atomic E-state index is -1.10. The molecule has 1 fully saturated rings. The minimum Gasteiger partial charge on any atom is -0.478 e. The van der Waals surface area contributed by atoms with Crippen molar-refractivity contribution in [3.63, 3.8) is 0 Å². The summed E-state index contributed by atoms with van der Waals surface area (Å²) in [7, 11) is 0. The first-order valence-corrected chi connectivity index (χ1v) is 9.70. The molecule has 0 aromatic carbocycles. The van der Waals surface area contributed by atoms with Gasteiger partial charge >= 0.3 is 5.97 Å². The molecule has 2 aromatic rings. The van der Waals surface area contributed by atoms with Gasteiger partial charge in [-0.05, 0) is 45.7 Å². The van der Waals surface area contributed by atoms with E-state index in [2.05, 4.69) is 28.7 Å². The Kier molecular flexibility index (Phi) is 5.96. The summed E-state index contributed by atoms with van der Waals surface area (Å²) in [6.45, 7) is 9.08. The van der Waals surface area contributed by atoms with Gasteiger partial charge in [0.25, 0.3) is 0 Å². The molecule has 1 aliphatic heterocycles. The van der Waals surface area contributed by atoms with Crippen LogP contribution in [0, 0.1) is 0 Å². The highest BCUT2D eigenvalue weighted by Crippen LogP contribution is 2.37. The summed E-state index contributed by atoms with van der Waals surface area (Å²) in [5.41, 5.74) is 7.64. The number of ether oxygens (including phenoxy) is 1. The molecule has 7 heteroatoms. The predicted octanol–water partition coefficient (Wildman–Crippen LogP) is 3.16. The van der Waals surface area contributed by atoms with Gasteiger partial charge in [0.15, 0.2) is 0 Å². The van der Waals surface area contributed by atoms with E-state index in [0.717, 1.165) is 31.5 Å². The Morgan fingerprint density at radius 3 is 2.54 bits per heavy atom. The topological polar surface area (TPSA) is 102 Å². The lowest BCUT2D eigenvalue weighted by Gasteiger charge is -2.43. The molecule has 0 radical (unpaired) electrons. The van der Waals surface area contributed by atoms with Gasteiger partial charge < -0.3 is 20.5 Å². The fourth-order valence-electron chi connectivity index (χ4n) is 3.82. The van der Waals surface area contributed by atoms with E-state index in [4.69, 9.17) is 10.5 Å². The molecule has 3 rings (SSSR count). The van der Waals surface area contributed by atoms with Gasteiger partial charge in [0, 0.05) is 49.3 Å². The molecule has 1 aliphatic rings. The number of aromatic carboxylic acids is 1. The normalized spacial score (nSPS) is 17.0. The van der Waals surface area contributed by atoms with E-state index < -0.39 is 5.97 Å². The highest BCUT2D eigenvalue weighted by Gasteiger charge is 2.37. The van der Waals surface area contributed by atoms with Crippen LogP contribution in [-0.4, -0.2) is 51.7 Å². The van der Waals surface area contributed by atoms with Crippen LogP contribution < -0.4 is 5.73 Å². The Labute approximate surface area is 165 Å². The zero-order chi connectivity index (χ0) is 20.3. The van der Waals surface area contributed by atoms with E-state index in [1.54, 1.807) is 6.20 Å². The van der Waals surface area contributed by atoms with Crippen LogP contribution in [0.2, 0.25) is 0 Å². The van der Waals surface area contributed by atoms with Crippen molar-refractivity contribution in [3.05, 3.63) is 41.7 Å². The first kappa shape index (κ1) is 20.2. The standard InChI is InChI=1S/C21H28N4O3/c1-4-28-21(7-9-25(10-8-21)14(2)3)16-5-6-18(23-13-16)15-11-17(20(26)27)19(22)24-12-15/h5-6,11-14H,4,7-10H2,1-3H3,(H2,22,24)(H,26,27). The average molecular weight is 384 g/mol. The molecule has 0 aliphatic carbocycles. The monoisotopic (exact) mass is 384 g/mol. The first-order chi connectivity index (χ1) is 13.4. The summed E-state index contributed by atoms with van der Waals surface area (Å²) in [6, 6.07) is 5.96. The number of hydrogen-bond acceptors (Lipinski definition) is 6. The molecule has 0 amide bonds. The van der Waals surface area contributed by atoms with Gasteiger partial charge in [-0.2, -0.15) is 0 Å². The second kappa shape index (κ2) is 8.24. The van der Waals surface area contributed by atoms with Crippen molar-refractivity contribution < 1.29 is 14.6 Å². The molecule has 0 unspecified atom stereocenters. The lowest BCUT2D eigenvalue weighted by Crippen LogP contribution is -2.46. The summed E-state index contributed by atoms with van der Waals surface area (Å²) >= 11 is 0. The molecule has 0 spiro atoms. The van der Waals surface area contributed by atoms with E-state index in [-0.39, 0.29) is 17.0 Å². The predicted molar refractivity (Wildman–Crippen MR) is 108 cm³/mol. The number of anilines is 1. The molecule has 3 N–H and O–H groups in total. The maximum Gasteiger partial charge on any atom is 0.339 e. The number of nitrogens with two attached hydrogens (primary N) is 1. The molecule has 0 atom stereocenters. The van der Waals surface area contributed by atoms with E-state index in [1.165, 1.54) is 6.07 Å². The number of piperidine rings is 1. The van der Waals surface area contributed by atoms with Gasteiger partial charge in [0.05, 0.1) is 11.3 Å². The molecular weight excluding hydrogens is 356 g/mol. The zero-order valence-electron chi connectivity index (χ0n) is 16.7. The number of nitrogen functional groups attached to an aromatic ring is 1. The van der Waals surface area contributed by atoms with Crippen LogP contribution in [0.3, 0.4) is 0 Å². The number of carboxylic acid groups (broad SMARTS) is 1. The summed E-state index contributed by atoms with van der Waals surface area (Å²) in [4.78, 5) is 22.3. The number of hydrogen-bond donors (Lipinski definition) is 2. The Balaban J connectivity index is 1.86. The van der Waals surface area contributed by atoms with Gasteiger partial charge in [0.2, 0.25) is 0 Å². The van der Waals surface area contributed by atoms with Crippen molar-refractivity contribution in [3.8, 4) is 11.3 Å². The molecule has 7 nitrogen and oxygen atoms in total. The molecule has 1 saturated heterocycles. The largest absolute Gasteiger partial charge is 0.478 e. The van der Waals surface area contributed by atoms with Gasteiger partial charge in [0.1, 0.15) is 11.4 Å². The summed E-state index contributed by atoms with van der Waals surface area (Å²) in [5, 5.41) is 9.24. The SMILES string of the molecule is CCOC1(c2ccc(-c3cnc(N)c(C(=O)O)c3)nc2)CCN(C(C)C)CC1. The highest BCUT2D eigenvalue weighted by molar-refractivity contribution is 5.93. The quantitative estimate of drug-likeness (QED) is 0.789. The molecule has 2 aromatic heterocycles. The lowest BCUT2D eigenvalue weighted by atomic mass is 9.84. The first-order valence-electron chi connectivity index (χ1n) is 9.70. The molecule has 3 heterocycles. The highest BCUT2D eigenvalue weighted by atomic mass is 16.5. The van der Waals surface area contributed by atoms with Crippen LogP contribution in [0.4, 0.5) is 5.82 Å². The molecular formula is C21H28N4O3. The van der Waals surface area contributed by atoms with Crippen LogP contribution in [0.5, 0.6) is 0 Å². The van der Waals surface area contributed by atoms with Crippen LogP contribution >= 0.6 is 0 Å². The van der Waals surface area contributed by atoms with Gasteiger partial charge in [-0.1, -0.05) is 6.07 Å². The van der Waals surface area contributed by atoms with Gasteiger partial charge in [-0.25, -0.2) is 9.78 Å². The van der Waals surface area contributed by atoms with Crippen LogP contribution in [0.15, 0.2) is 30.6 Å². The Morgan fingerprint density at radius 2 is 2.00 bits per heavy atom. The molecule has 150 valence electrons. The second-order valence-corrected chi connectivity index (χ2v) is 7.45. The number of carbonyl (C=O) groups is 1. The third kappa shape index (κ3) is 4.00. The lowest BCUT2D eigenvalue weighted by molar-refractivity contribution is -0.0888. The van der Waals surface area contributed by atoms with Crippen molar-refractivity contribution in [2.75, 3.05) is 25.4 Å². The molecule has 0 bridgehead atoms. The third-order valence-electron chi connectivity index (χ3n) is 5.49. The minimum absolute atomic E-state index is 0.0000752. The van der Waals surface area contributed by atoms with E-state index >= 15 is 0 Å². The third-order valence-corrected chi connectivity index (χ3v) is 5.49. The van der Waals surface area contributed by atoms with Crippen molar-refractivity contribution in [2.24, 2.45) is 0 Å². The summed E-state index contributed by atoms with van der Waals surface area (Å²) in [6.07, 6.45) is 5.23. The van der Waals surface area contributed by atoms with Crippen molar-refractivity contribution >= 4 is 11.8 Å². The Bertz CT molecular complexity index is 828. The van der Waals surface area contributed by atoms with Crippen LogP contribution in [-0.2, 0) is 10.3 Å². The Hall–Kier alpha value is -2.51. The fourth-order valence-corrected chi connectivity index (χ4v) is 3.82. The smallest absolute Gasteiger partial charge is 0.339 e. The van der Waals surface area contributed by atoms with E-state index in [1.807, 2.05) is 25.3 Å². The number of nitrogens with zero attached hydrogens (tertiary/aromatic N) is 3. The molecule has 0 saturated carbocycles. The maximum absolute atomic E-state index is 11.3. The average Bonchev–Trinajstić information content (AvgIpc) is 2.69.